The summed E-state index contributed by atoms with van der Waals surface area (Å²) in [7, 11) is 1.58. The first-order valence-electron chi connectivity index (χ1n) is 7.17. The first-order chi connectivity index (χ1) is 10.6. The number of nitrogens with one attached hydrogen (secondary N) is 2. The van der Waals surface area contributed by atoms with Crippen molar-refractivity contribution in [1.29, 1.82) is 0 Å². The first kappa shape index (κ1) is 15.8. The highest BCUT2D eigenvalue weighted by atomic mass is 16.5. The summed E-state index contributed by atoms with van der Waals surface area (Å²) in [5.41, 5.74) is 3.89. The van der Waals surface area contributed by atoms with Crippen molar-refractivity contribution in [2.75, 3.05) is 7.11 Å². The summed E-state index contributed by atoms with van der Waals surface area (Å²) in [5, 5.41) is 5.66. The molecule has 1 aromatic heterocycles. The van der Waals surface area contributed by atoms with E-state index in [4.69, 9.17) is 4.74 Å². The molecular weight excluding hydrogens is 278 g/mol. The van der Waals surface area contributed by atoms with Gasteiger partial charge in [0.15, 0.2) is 0 Å². The molecule has 0 atom stereocenters. The second-order valence-corrected chi connectivity index (χ2v) is 5.09. The Kier molecular flexibility index (Phi) is 5.36. The number of hydrogen-bond acceptors (Lipinski definition) is 3. The van der Waals surface area contributed by atoms with Crippen LogP contribution in [-0.2, 0) is 13.1 Å². The summed E-state index contributed by atoms with van der Waals surface area (Å²) in [6.07, 6.45) is 0. The maximum Gasteiger partial charge on any atom is 0.315 e. The van der Waals surface area contributed by atoms with Crippen molar-refractivity contribution >= 4 is 6.03 Å². The lowest BCUT2D eigenvalue weighted by atomic mass is 10.1. The Bertz CT molecular complexity index is 642. The number of carbonyl (C=O) groups excluding carboxylic acids is 1. The number of rotatable bonds is 5. The fraction of sp³-hybridized carbons (Fsp3) is 0.294. The van der Waals surface area contributed by atoms with Crippen molar-refractivity contribution in [2.45, 2.75) is 26.9 Å². The van der Waals surface area contributed by atoms with Gasteiger partial charge >= 0.3 is 6.03 Å². The summed E-state index contributed by atoms with van der Waals surface area (Å²) < 4.78 is 5.29. The van der Waals surface area contributed by atoms with E-state index >= 15 is 0 Å². The van der Waals surface area contributed by atoms with Crippen molar-refractivity contribution < 1.29 is 9.53 Å². The van der Waals surface area contributed by atoms with Crippen LogP contribution in [0.4, 0.5) is 4.79 Å². The summed E-state index contributed by atoms with van der Waals surface area (Å²) in [4.78, 5) is 16.2. The largest absolute Gasteiger partial charge is 0.481 e. The molecule has 1 heterocycles. The fourth-order valence-corrected chi connectivity index (χ4v) is 2.22. The van der Waals surface area contributed by atoms with Crippen LogP contribution in [0.2, 0.25) is 0 Å². The van der Waals surface area contributed by atoms with Crippen LogP contribution in [0.3, 0.4) is 0 Å². The number of ether oxygens (including phenoxy) is 1. The quantitative estimate of drug-likeness (QED) is 0.892. The predicted molar refractivity (Wildman–Crippen MR) is 85.8 cm³/mol. The van der Waals surface area contributed by atoms with Crippen LogP contribution in [0.25, 0.3) is 0 Å². The molecule has 5 nitrogen and oxygen atoms in total. The number of benzene rings is 1. The van der Waals surface area contributed by atoms with Gasteiger partial charge in [-0.1, -0.05) is 30.3 Å². The number of hydrogen-bond donors (Lipinski definition) is 2. The molecular formula is C17H21N3O2. The normalized spacial score (nSPS) is 10.1. The molecule has 0 unspecified atom stereocenters. The first-order valence-corrected chi connectivity index (χ1v) is 7.17. The lowest BCUT2D eigenvalue weighted by Crippen LogP contribution is -2.34. The minimum absolute atomic E-state index is 0.217. The molecule has 0 aliphatic heterocycles. The Morgan fingerprint density at radius 2 is 1.82 bits per heavy atom. The van der Waals surface area contributed by atoms with Crippen molar-refractivity contribution in [3.63, 3.8) is 0 Å². The highest BCUT2D eigenvalue weighted by molar-refractivity contribution is 5.73. The van der Waals surface area contributed by atoms with E-state index in [9.17, 15) is 4.79 Å². The van der Waals surface area contributed by atoms with Crippen molar-refractivity contribution in [3.05, 3.63) is 58.8 Å². The molecule has 2 amide bonds. The number of urea groups is 1. The van der Waals surface area contributed by atoms with Crippen LogP contribution in [0, 0.1) is 13.8 Å². The van der Waals surface area contributed by atoms with E-state index in [-0.39, 0.29) is 6.03 Å². The molecule has 1 aromatic carbocycles. The van der Waals surface area contributed by atoms with Gasteiger partial charge in [-0.05, 0) is 31.0 Å². The second-order valence-electron chi connectivity index (χ2n) is 5.09. The number of pyridine rings is 1. The van der Waals surface area contributed by atoms with Gasteiger partial charge in [-0.25, -0.2) is 9.78 Å². The zero-order chi connectivity index (χ0) is 15.9. The number of amides is 2. The summed E-state index contributed by atoms with van der Waals surface area (Å²) >= 11 is 0. The topological polar surface area (TPSA) is 63.2 Å². The average Bonchev–Trinajstić information content (AvgIpc) is 2.52. The van der Waals surface area contributed by atoms with Crippen LogP contribution in [0.1, 0.15) is 22.4 Å². The molecule has 0 radical (unpaired) electrons. The third-order valence-electron chi connectivity index (χ3n) is 3.35. The van der Waals surface area contributed by atoms with Crippen LogP contribution in [-0.4, -0.2) is 18.1 Å². The van der Waals surface area contributed by atoms with E-state index in [1.807, 2.05) is 50.2 Å². The molecule has 0 aliphatic rings. The highest BCUT2D eigenvalue weighted by Crippen LogP contribution is 2.20. The average molecular weight is 299 g/mol. The smallest absolute Gasteiger partial charge is 0.315 e. The standard InChI is InChI=1S/C17H21N3O2/c1-12-9-13(2)20-16(22-3)15(12)11-19-17(21)18-10-14-7-5-4-6-8-14/h4-9H,10-11H2,1-3H3,(H2,18,19,21). The number of methoxy groups -OCH3 is 1. The van der Waals surface area contributed by atoms with Gasteiger partial charge in [0.05, 0.1) is 13.7 Å². The van der Waals surface area contributed by atoms with Gasteiger partial charge in [-0.3, -0.25) is 0 Å². The van der Waals surface area contributed by atoms with Gasteiger partial charge in [0.1, 0.15) is 0 Å². The van der Waals surface area contributed by atoms with E-state index in [0.717, 1.165) is 22.4 Å². The van der Waals surface area contributed by atoms with Crippen LogP contribution >= 0.6 is 0 Å². The van der Waals surface area contributed by atoms with E-state index in [1.165, 1.54) is 0 Å². The molecule has 2 aromatic rings. The summed E-state index contributed by atoms with van der Waals surface area (Å²) in [6.45, 7) is 4.77. The Morgan fingerprint density at radius 1 is 1.14 bits per heavy atom. The van der Waals surface area contributed by atoms with Gasteiger partial charge in [-0.15, -0.1) is 0 Å². The second kappa shape index (κ2) is 7.45. The van der Waals surface area contributed by atoms with Crippen LogP contribution < -0.4 is 15.4 Å². The van der Waals surface area contributed by atoms with Gasteiger partial charge in [0, 0.05) is 17.8 Å². The van der Waals surface area contributed by atoms with Crippen molar-refractivity contribution in [1.82, 2.24) is 15.6 Å². The summed E-state index contributed by atoms with van der Waals surface area (Å²) in [5.74, 6) is 0.556. The van der Waals surface area contributed by atoms with E-state index in [1.54, 1.807) is 7.11 Å². The van der Waals surface area contributed by atoms with Crippen molar-refractivity contribution in [3.8, 4) is 5.88 Å². The van der Waals surface area contributed by atoms with Gasteiger partial charge in [0.2, 0.25) is 5.88 Å². The maximum absolute atomic E-state index is 11.9. The lowest BCUT2D eigenvalue weighted by molar-refractivity contribution is 0.240. The SMILES string of the molecule is COc1nc(C)cc(C)c1CNC(=O)NCc1ccccc1. The Labute approximate surface area is 130 Å². The number of nitrogens with zero attached hydrogens (tertiary/aromatic N) is 1. The van der Waals surface area contributed by atoms with Crippen LogP contribution in [0.5, 0.6) is 5.88 Å². The number of carbonyl (C=O) groups is 1. The number of aromatic nitrogens is 1. The molecule has 0 saturated carbocycles. The third kappa shape index (κ3) is 4.22. The molecule has 2 rings (SSSR count). The van der Waals surface area contributed by atoms with Gasteiger partial charge < -0.3 is 15.4 Å². The molecule has 0 spiro atoms. The van der Waals surface area contributed by atoms with Crippen molar-refractivity contribution in [2.24, 2.45) is 0 Å². The molecule has 0 fully saturated rings. The van der Waals surface area contributed by atoms with Gasteiger partial charge in [0.25, 0.3) is 0 Å². The Balaban J connectivity index is 1.91. The zero-order valence-corrected chi connectivity index (χ0v) is 13.1. The third-order valence-corrected chi connectivity index (χ3v) is 3.35. The van der Waals surface area contributed by atoms with E-state index < -0.39 is 0 Å². The zero-order valence-electron chi connectivity index (χ0n) is 13.1. The minimum Gasteiger partial charge on any atom is -0.481 e. The van der Waals surface area contributed by atoms with Gasteiger partial charge in [-0.2, -0.15) is 0 Å². The Morgan fingerprint density at radius 3 is 2.50 bits per heavy atom. The monoisotopic (exact) mass is 299 g/mol. The summed E-state index contributed by atoms with van der Waals surface area (Å²) in [6, 6.07) is 11.5. The molecule has 116 valence electrons. The highest BCUT2D eigenvalue weighted by Gasteiger charge is 2.10. The fourth-order valence-electron chi connectivity index (χ4n) is 2.22. The molecule has 0 aliphatic carbocycles. The molecule has 2 N–H and O–H groups in total. The maximum atomic E-state index is 11.9. The van der Waals surface area contributed by atoms with Crippen LogP contribution in [0.15, 0.2) is 36.4 Å². The molecule has 0 bridgehead atoms. The predicted octanol–water partition coefficient (Wildman–Crippen LogP) is 2.71. The molecule has 0 saturated heterocycles. The van der Waals surface area contributed by atoms with E-state index in [2.05, 4.69) is 15.6 Å². The minimum atomic E-state index is -0.217. The number of aryl methyl sites for hydroxylation is 2. The van der Waals surface area contributed by atoms with E-state index in [0.29, 0.717) is 19.0 Å². The molecule has 5 heteroatoms. The lowest BCUT2D eigenvalue weighted by Gasteiger charge is -2.13. The molecule has 22 heavy (non-hydrogen) atoms. The Hall–Kier alpha value is -2.56.